The summed E-state index contributed by atoms with van der Waals surface area (Å²) in [6, 6.07) is 12.0. The van der Waals surface area contributed by atoms with Gasteiger partial charge in [-0.3, -0.25) is 9.59 Å². The lowest BCUT2D eigenvalue weighted by Gasteiger charge is -2.30. The summed E-state index contributed by atoms with van der Waals surface area (Å²) in [7, 11) is 5.00. The van der Waals surface area contributed by atoms with Crippen LogP contribution in [0, 0.1) is 5.92 Å². The Kier molecular flexibility index (Phi) is 8.30. The van der Waals surface area contributed by atoms with Gasteiger partial charge in [-0.1, -0.05) is 6.92 Å². The van der Waals surface area contributed by atoms with E-state index in [4.69, 9.17) is 14.2 Å². The number of carbonyl (C=O) groups is 2. The van der Waals surface area contributed by atoms with Gasteiger partial charge in [0.1, 0.15) is 18.1 Å². The summed E-state index contributed by atoms with van der Waals surface area (Å²) in [6.45, 7) is 5.72. The van der Waals surface area contributed by atoms with E-state index < -0.39 is 0 Å². The van der Waals surface area contributed by atoms with Crippen LogP contribution in [-0.2, 0) is 4.74 Å². The molecule has 0 unspecified atom stereocenters. The van der Waals surface area contributed by atoms with Gasteiger partial charge in [-0.15, -0.1) is 0 Å². The summed E-state index contributed by atoms with van der Waals surface area (Å²) in [5.74, 6) is 0.905. The minimum atomic E-state index is -0.263. The lowest BCUT2D eigenvalue weighted by atomic mass is 10.0. The van der Waals surface area contributed by atoms with Gasteiger partial charge in [-0.05, 0) is 49.2 Å². The molecule has 0 saturated heterocycles. The highest BCUT2D eigenvalue weighted by Crippen LogP contribution is 2.26. The second-order valence-electron chi connectivity index (χ2n) is 8.45. The molecule has 0 saturated carbocycles. The van der Waals surface area contributed by atoms with E-state index in [0.29, 0.717) is 41.5 Å². The van der Waals surface area contributed by atoms with Gasteiger partial charge in [0.05, 0.1) is 18.8 Å². The number of anilines is 1. The van der Waals surface area contributed by atoms with Gasteiger partial charge >= 0.3 is 0 Å². The number of benzene rings is 2. The van der Waals surface area contributed by atoms with Crippen LogP contribution in [0.25, 0.3) is 0 Å². The number of rotatable bonds is 4. The number of carbonyl (C=O) groups excluding carboxylic acids is 2. The van der Waals surface area contributed by atoms with E-state index in [0.717, 1.165) is 6.54 Å². The van der Waals surface area contributed by atoms with Crippen molar-refractivity contribution in [2.75, 3.05) is 46.3 Å². The molecule has 8 nitrogen and oxygen atoms in total. The van der Waals surface area contributed by atoms with Crippen LogP contribution in [0.4, 0.5) is 5.69 Å². The van der Waals surface area contributed by atoms with E-state index in [1.165, 1.54) is 0 Å². The van der Waals surface area contributed by atoms with Crippen molar-refractivity contribution >= 4 is 17.5 Å². The molecule has 1 aliphatic rings. The van der Waals surface area contributed by atoms with E-state index in [1.54, 1.807) is 68.6 Å². The molecule has 1 aliphatic heterocycles. The number of nitrogens with one attached hydrogen (secondary N) is 2. The molecule has 8 heteroatoms. The molecule has 0 aliphatic carbocycles. The topological polar surface area (TPSA) is 89.1 Å². The fraction of sp³-hybridized carbons (Fsp3) is 0.440. The highest BCUT2D eigenvalue weighted by atomic mass is 16.5. The first-order chi connectivity index (χ1) is 15.8. The van der Waals surface area contributed by atoms with Gasteiger partial charge in [-0.2, -0.15) is 0 Å². The predicted octanol–water partition coefficient (Wildman–Crippen LogP) is 3.04. The number of likely N-dealkylation sites (N-methyl/N-ethyl adjacent to an activating group) is 1. The number of fused-ring (bicyclic) bond motifs is 1. The molecule has 2 aromatic carbocycles. The molecular weight excluding hydrogens is 422 g/mol. The Hall–Kier alpha value is -3.10. The van der Waals surface area contributed by atoms with Crippen LogP contribution >= 0.6 is 0 Å². The van der Waals surface area contributed by atoms with Crippen LogP contribution in [0.2, 0.25) is 0 Å². The maximum absolute atomic E-state index is 13.2. The van der Waals surface area contributed by atoms with Gasteiger partial charge in [-0.25, -0.2) is 0 Å². The molecule has 0 aromatic heterocycles. The zero-order valence-electron chi connectivity index (χ0n) is 19.9. The summed E-state index contributed by atoms with van der Waals surface area (Å²) in [5, 5.41) is 6.33. The zero-order chi connectivity index (χ0) is 24.0. The first kappa shape index (κ1) is 24.5. The van der Waals surface area contributed by atoms with Crippen molar-refractivity contribution in [1.29, 1.82) is 0 Å². The van der Waals surface area contributed by atoms with Crippen LogP contribution < -0.4 is 20.1 Å². The largest absolute Gasteiger partial charge is 0.497 e. The molecular formula is C25H33N3O5. The minimum Gasteiger partial charge on any atom is -0.497 e. The van der Waals surface area contributed by atoms with E-state index in [-0.39, 0.29) is 29.9 Å². The molecule has 3 atom stereocenters. The number of hydrogen-bond donors (Lipinski definition) is 2. The minimum absolute atomic E-state index is 0.0719. The van der Waals surface area contributed by atoms with Gasteiger partial charge in [0.25, 0.3) is 11.8 Å². The Morgan fingerprint density at radius 3 is 2.55 bits per heavy atom. The molecule has 0 fully saturated rings. The number of nitrogens with zero attached hydrogens (tertiary/aromatic N) is 1. The third kappa shape index (κ3) is 6.24. The zero-order valence-corrected chi connectivity index (χ0v) is 19.9. The molecule has 33 heavy (non-hydrogen) atoms. The molecule has 0 bridgehead atoms. The van der Waals surface area contributed by atoms with Crippen LogP contribution in [-0.4, -0.2) is 69.8 Å². The monoisotopic (exact) mass is 455 g/mol. The van der Waals surface area contributed by atoms with Gasteiger partial charge in [0.15, 0.2) is 0 Å². The van der Waals surface area contributed by atoms with E-state index in [9.17, 15) is 9.59 Å². The first-order valence-electron chi connectivity index (χ1n) is 11.1. The van der Waals surface area contributed by atoms with Gasteiger partial charge in [0, 0.05) is 50.6 Å². The normalized spacial score (nSPS) is 21.8. The number of methoxy groups -OCH3 is 2. The highest BCUT2D eigenvalue weighted by Gasteiger charge is 2.25. The molecule has 2 amide bonds. The van der Waals surface area contributed by atoms with Gasteiger partial charge in [0.2, 0.25) is 0 Å². The van der Waals surface area contributed by atoms with E-state index >= 15 is 0 Å². The van der Waals surface area contributed by atoms with Crippen LogP contribution in [0.15, 0.2) is 42.5 Å². The molecule has 3 rings (SSSR count). The average Bonchev–Trinajstić information content (AvgIpc) is 2.83. The Morgan fingerprint density at radius 2 is 1.88 bits per heavy atom. The second kappa shape index (κ2) is 11.2. The van der Waals surface area contributed by atoms with Crippen LogP contribution in [0.1, 0.15) is 34.6 Å². The van der Waals surface area contributed by atoms with Crippen molar-refractivity contribution in [3.05, 3.63) is 53.6 Å². The van der Waals surface area contributed by atoms with E-state index in [1.807, 2.05) is 6.92 Å². The van der Waals surface area contributed by atoms with Gasteiger partial charge < -0.3 is 29.7 Å². The lowest BCUT2D eigenvalue weighted by Crippen LogP contribution is -2.44. The molecule has 2 aromatic rings. The SMILES string of the molecule is COc1ccc(C(=O)Nc2ccc3c(c2)OC[C@@H](C)NC[C@H](C)[C@H](OC)CN(C)C3=O)cc1. The van der Waals surface area contributed by atoms with Crippen molar-refractivity contribution < 1.29 is 23.8 Å². The van der Waals surface area contributed by atoms with Crippen molar-refractivity contribution in [2.45, 2.75) is 26.0 Å². The average molecular weight is 456 g/mol. The molecule has 178 valence electrons. The summed E-state index contributed by atoms with van der Waals surface area (Å²) in [6.07, 6.45) is -0.0921. The maximum atomic E-state index is 13.2. The fourth-order valence-corrected chi connectivity index (χ4v) is 3.68. The molecule has 0 radical (unpaired) electrons. The summed E-state index contributed by atoms with van der Waals surface area (Å²) >= 11 is 0. The van der Waals surface area contributed by atoms with Crippen LogP contribution in [0.5, 0.6) is 11.5 Å². The van der Waals surface area contributed by atoms with Crippen LogP contribution in [0.3, 0.4) is 0 Å². The highest BCUT2D eigenvalue weighted by molar-refractivity contribution is 6.05. The third-order valence-electron chi connectivity index (χ3n) is 5.84. The number of hydrogen-bond acceptors (Lipinski definition) is 6. The number of amides is 2. The predicted molar refractivity (Wildman–Crippen MR) is 127 cm³/mol. The van der Waals surface area contributed by atoms with E-state index in [2.05, 4.69) is 17.6 Å². The number of ether oxygens (including phenoxy) is 3. The Bertz CT molecular complexity index is 963. The maximum Gasteiger partial charge on any atom is 0.257 e. The third-order valence-corrected chi connectivity index (χ3v) is 5.84. The molecule has 0 spiro atoms. The Labute approximate surface area is 195 Å². The second-order valence-corrected chi connectivity index (χ2v) is 8.45. The lowest BCUT2D eigenvalue weighted by molar-refractivity contribution is 0.0281. The quantitative estimate of drug-likeness (QED) is 0.737. The first-order valence-corrected chi connectivity index (χ1v) is 11.1. The smallest absolute Gasteiger partial charge is 0.257 e. The van der Waals surface area contributed by atoms with Crippen molar-refractivity contribution in [3.63, 3.8) is 0 Å². The summed E-state index contributed by atoms with van der Waals surface area (Å²) < 4.78 is 16.8. The fourth-order valence-electron chi connectivity index (χ4n) is 3.68. The Morgan fingerprint density at radius 1 is 1.15 bits per heavy atom. The standard InChI is InChI=1S/C25H33N3O5/c1-16-13-26-17(2)15-33-22-12-19(27-24(29)18-6-9-20(31-4)10-7-18)8-11-21(22)25(30)28(3)14-23(16)32-5/h6-12,16-17,23,26H,13-15H2,1-5H3,(H,27,29)/t16-,17+,23+/m0/s1. The van der Waals surface area contributed by atoms with Crippen molar-refractivity contribution in [3.8, 4) is 11.5 Å². The Balaban J connectivity index is 1.84. The van der Waals surface area contributed by atoms with Crippen molar-refractivity contribution in [2.24, 2.45) is 5.92 Å². The van der Waals surface area contributed by atoms with Crippen molar-refractivity contribution in [1.82, 2.24) is 10.2 Å². The molecule has 2 N–H and O–H groups in total. The summed E-state index contributed by atoms with van der Waals surface area (Å²) in [5.41, 5.74) is 1.48. The molecule has 1 heterocycles. The summed E-state index contributed by atoms with van der Waals surface area (Å²) in [4.78, 5) is 27.5.